The Morgan fingerprint density at radius 1 is 1.46 bits per heavy atom. The zero-order valence-corrected chi connectivity index (χ0v) is 8.99. The molecule has 0 aromatic rings. The molecule has 1 saturated heterocycles. The van der Waals surface area contributed by atoms with Crippen LogP contribution in [0.1, 0.15) is 6.42 Å². The van der Waals surface area contributed by atoms with Crippen molar-refractivity contribution in [1.82, 2.24) is 0 Å². The van der Waals surface area contributed by atoms with Gasteiger partial charge in [0.25, 0.3) is 0 Å². The maximum atomic E-state index is 10.9. The monoisotopic (exact) mass is 224 g/mol. The van der Waals surface area contributed by atoms with Gasteiger partial charge in [-0.05, 0) is 6.42 Å². The summed E-state index contributed by atoms with van der Waals surface area (Å²) < 4.78 is 32.5. The molecule has 1 unspecified atom stereocenters. The van der Waals surface area contributed by atoms with Gasteiger partial charge >= 0.3 is 0 Å². The summed E-state index contributed by atoms with van der Waals surface area (Å²) in [7, 11) is -3.94. The molecule has 1 fully saturated rings. The van der Waals surface area contributed by atoms with E-state index in [1.165, 1.54) is 0 Å². The summed E-state index contributed by atoms with van der Waals surface area (Å²) in [4.78, 5) is 10.6. The third-order valence-corrected chi connectivity index (χ3v) is 4.96. The summed E-state index contributed by atoms with van der Waals surface area (Å²) in [6, 6.07) is 0. The highest BCUT2D eigenvalue weighted by molar-refractivity contribution is 7.93. The number of rotatable bonds is 4. The van der Waals surface area contributed by atoms with Crippen molar-refractivity contribution in [3.05, 3.63) is 0 Å². The first-order chi connectivity index (χ1) is 5.89. The average molecular weight is 224 g/mol. The second-order valence-corrected chi connectivity index (χ2v) is 7.16. The SMILES string of the molecule is CS(=O)CCC1(C=O)CS(=O)(=O)C1. The van der Waals surface area contributed by atoms with Crippen LogP contribution < -0.4 is 0 Å². The summed E-state index contributed by atoms with van der Waals surface area (Å²) >= 11 is 0. The lowest BCUT2D eigenvalue weighted by Gasteiger charge is -2.35. The Hall–Kier alpha value is -0.230. The fraction of sp³-hybridized carbons (Fsp3) is 0.857. The molecule has 0 aromatic heterocycles. The highest BCUT2D eigenvalue weighted by Gasteiger charge is 2.48. The number of hydrogen-bond donors (Lipinski definition) is 0. The zero-order chi connectivity index (χ0) is 10.1. The molecule has 0 bridgehead atoms. The Morgan fingerprint density at radius 3 is 2.31 bits per heavy atom. The van der Waals surface area contributed by atoms with Crippen molar-refractivity contribution < 1.29 is 17.4 Å². The molecule has 0 amide bonds. The molecule has 0 aromatic carbocycles. The zero-order valence-electron chi connectivity index (χ0n) is 7.36. The Kier molecular flexibility index (Phi) is 2.91. The first-order valence-corrected chi connectivity index (χ1v) is 7.41. The lowest BCUT2D eigenvalue weighted by atomic mass is 9.91. The number of carbonyl (C=O) groups is 1. The molecule has 76 valence electrons. The van der Waals surface area contributed by atoms with Gasteiger partial charge in [-0.25, -0.2) is 8.42 Å². The van der Waals surface area contributed by atoms with Gasteiger partial charge in [0.15, 0.2) is 9.84 Å². The van der Waals surface area contributed by atoms with Crippen molar-refractivity contribution in [2.45, 2.75) is 6.42 Å². The molecule has 4 nitrogen and oxygen atoms in total. The number of carbonyl (C=O) groups excluding carboxylic acids is 1. The van der Waals surface area contributed by atoms with E-state index in [1.54, 1.807) is 6.26 Å². The van der Waals surface area contributed by atoms with Crippen LogP contribution in [0, 0.1) is 5.41 Å². The molecule has 13 heavy (non-hydrogen) atoms. The third-order valence-electron chi connectivity index (χ3n) is 2.15. The molecule has 0 radical (unpaired) electrons. The standard InChI is InChI=1S/C7H12O4S2/c1-12(9)3-2-7(4-8)5-13(10,11)6-7/h4H,2-3,5-6H2,1H3. The van der Waals surface area contributed by atoms with Gasteiger partial charge in [-0.2, -0.15) is 0 Å². The Balaban J connectivity index is 2.56. The van der Waals surface area contributed by atoms with Crippen molar-refractivity contribution in [3.8, 4) is 0 Å². The molecule has 1 atom stereocenters. The second kappa shape index (κ2) is 3.49. The van der Waals surface area contributed by atoms with E-state index in [-0.39, 0.29) is 11.5 Å². The van der Waals surface area contributed by atoms with Gasteiger partial charge in [-0.1, -0.05) is 0 Å². The molecule has 0 N–H and O–H groups in total. The van der Waals surface area contributed by atoms with Crippen LogP contribution in [0.15, 0.2) is 0 Å². The van der Waals surface area contributed by atoms with Crippen LogP contribution in [0.25, 0.3) is 0 Å². The van der Waals surface area contributed by atoms with Gasteiger partial charge in [0.2, 0.25) is 0 Å². The first-order valence-electron chi connectivity index (χ1n) is 3.86. The topological polar surface area (TPSA) is 68.3 Å². The van der Waals surface area contributed by atoms with E-state index in [4.69, 9.17) is 0 Å². The summed E-state index contributed by atoms with van der Waals surface area (Å²) in [6.07, 6.45) is 2.66. The Labute approximate surface area is 80.1 Å². The van der Waals surface area contributed by atoms with Gasteiger partial charge in [0.1, 0.15) is 6.29 Å². The van der Waals surface area contributed by atoms with Gasteiger partial charge in [0, 0.05) is 22.8 Å². The first kappa shape index (κ1) is 10.8. The molecule has 1 aliphatic rings. The van der Waals surface area contributed by atoms with Gasteiger partial charge in [-0.15, -0.1) is 0 Å². The number of sulfone groups is 1. The molecule has 1 aliphatic heterocycles. The van der Waals surface area contributed by atoms with Crippen LogP contribution in [0.4, 0.5) is 0 Å². The molecule has 6 heteroatoms. The molecule has 0 aliphatic carbocycles. The second-order valence-electron chi connectivity index (χ2n) is 3.54. The van der Waals surface area contributed by atoms with Crippen LogP contribution in [-0.2, 0) is 25.4 Å². The number of hydrogen-bond acceptors (Lipinski definition) is 4. The van der Waals surface area contributed by atoms with Gasteiger partial charge in [0.05, 0.1) is 16.9 Å². The lowest BCUT2D eigenvalue weighted by Crippen LogP contribution is -2.50. The van der Waals surface area contributed by atoms with Gasteiger partial charge in [-0.3, -0.25) is 4.21 Å². The third kappa shape index (κ3) is 2.60. The summed E-state index contributed by atoms with van der Waals surface area (Å²) in [5, 5.41) is 0. The van der Waals surface area contributed by atoms with E-state index in [0.717, 1.165) is 0 Å². The largest absolute Gasteiger partial charge is 0.303 e. The smallest absolute Gasteiger partial charge is 0.152 e. The van der Waals surface area contributed by atoms with Crippen LogP contribution in [0.5, 0.6) is 0 Å². The van der Waals surface area contributed by atoms with E-state index in [2.05, 4.69) is 0 Å². The quantitative estimate of drug-likeness (QED) is 0.596. The van der Waals surface area contributed by atoms with Gasteiger partial charge < -0.3 is 4.79 Å². The molecule has 1 rings (SSSR count). The van der Waals surface area contributed by atoms with Crippen molar-refractivity contribution in [2.75, 3.05) is 23.5 Å². The molecular formula is C7H12O4S2. The van der Waals surface area contributed by atoms with Crippen LogP contribution in [0.3, 0.4) is 0 Å². The Bertz CT molecular complexity index is 318. The van der Waals surface area contributed by atoms with E-state index in [0.29, 0.717) is 18.5 Å². The maximum absolute atomic E-state index is 10.9. The summed E-state index contributed by atoms with van der Waals surface area (Å²) in [6.45, 7) is 0. The predicted molar refractivity (Wildman–Crippen MR) is 50.7 cm³/mol. The summed E-state index contributed by atoms with van der Waals surface area (Å²) in [5.74, 6) is 0.260. The van der Waals surface area contributed by atoms with Crippen molar-refractivity contribution in [2.24, 2.45) is 5.41 Å². The fourth-order valence-electron chi connectivity index (χ4n) is 1.45. The highest BCUT2D eigenvalue weighted by Crippen LogP contribution is 2.34. The molecular weight excluding hydrogens is 212 g/mol. The van der Waals surface area contributed by atoms with Crippen LogP contribution in [0.2, 0.25) is 0 Å². The minimum Gasteiger partial charge on any atom is -0.303 e. The Morgan fingerprint density at radius 2 is 2.00 bits per heavy atom. The predicted octanol–water partition coefficient (Wildman–Crippen LogP) is -0.631. The molecule has 0 spiro atoms. The fourth-order valence-corrected chi connectivity index (χ4v) is 4.24. The van der Waals surface area contributed by atoms with E-state index in [1.807, 2.05) is 0 Å². The molecule has 1 heterocycles. The van der Waals surface area contributed by atoms with Crippen molar-refractivity contribution in [1.29, 1.82) is 0 Å². The normalized spacial score (nSPS) is 25.9. The van der Waals surface area contributed by atoms with E-state index >= 15 is 0 Å². The van der Waals surface area contributed by atoms with E-state index < -0.39 is 26.1 Å². The van der Waals surface area contributed by atoms with Crippen LogP contribution in [-0.4, -0.2) is 42.4 Å². The highest BCUT2D eigenvalue weighted by atomic mass is 32.2. The molecule has 0 saturated carbocycles. The van der Waals surface area contributed by atoms with Crippen LogP contribution >= 0.6 is 0 Å². The van der Waals surface area contributed by atoms with Crippen molar-refractivity contribution >= 4 is 26.9 Å². The summed E-state index contributed by atoms with van der Waals surface area (Å²) in [5.41, 5.74) is -0.732. The van der Waals surface area contributed by atoms with E-state index in [9.17, 15) is 17.4 Å². The number of aldehydes is 1. The minimum atomic E-state index is -2.98. The average Bonchev–Trinajstić information content (AvgIpc) is 1.96. The maximum Gasteiger partial charge on any atom is 0.152 e. The van der Waals surface area contributed by atoms with Crippen molar-refractivity contribution in [3.63, 3.8) is 0 Å². The lowest BCUT2D eigenvalue weighted by molar-refractivity contribution is -0.115. The minimum absolute atomic E-state index is 0.0688.